The van der Waals surface area contributed by atoms with Gasteiger partial charge in [-0.1, -0.05) is 17.3 Å². The highest BCUT2D eigenvalue weighted by molar-refractivity contribution is 5.62. The molecule has 0 spiro atoms. The van der Waals surface area contributed by atoms with Gasteiger partial charge in [0.15, 0.2) is 0 Å². The van der Waals surface area contributed by atoms with E-state index in [4.69, 9.17) is 19.1 Å². The van der Waals surface area contributed by atoms with Crippen molar-refractivity contribution in [2.75, 3.05) is 32.9 Å². The maximum absolute atomic E-state index is 9.69. The minimum Gasteiger partial charge on any atom is -0.474 e. The van der Waals surface area contributed by atoms with Crippen molar-refractivity contribution in [3.05, 3.63) is 47.2 Å². The molecule has 0 unspecified atom stereocenters. The highest BCUT2D eigenvalue weighted by Gasteiger charge is 2.20. The van der Waals surface area contributed by atoms with Crippen molar-refractivity contribution in [2.24, 2.45) is 0 Å². The highest BCUT2D eigenvalue weighted by Crippen LogP contribution is 2.28. The largest absolute Gasteiger partial charge is 0.474 e. The molecule has 1 atom stereocenters. The van der Waals surface area contributed by atoms with Crippen molar-refractivity contribution in [1.29, 1.82) is 5.26 Å². The lowest BCUT2D eigenvalue weighted by atomic mass is 9.97. The average Bonchev–Trinajstić information content (AvgIpc) is 3.39. The number of β-amino-alcohol motifs (C(OH)–C–C–N with tert-alkyl or cyclic N) is 1. The van der Waals surface area contributed by atoms with Crippen LogP contribution < -0.4 is 4.74 Å². The summed E-state index contributed by atoms with van der Waals surface area (Å²) in [5.41, 5.74) is 4.08. The zero-order chi connectivity index (χ0) is 26.8. The topological polar surface area (TPSA) is 138 Å². The van der Waals surface area contributed by atoms with Crippen molar-refractivity contribution < 1.29 is 24.2 Å². The first-order chi connectivity index (χ1) is 17.9. The number of rotatable bonds is 9. The molecular formula is C27H35N5O5. The lowest BCUT2D eigenvalue weighted by Gasteiger charge is -2.30. The Hall–Kier alpha value is -3.36. The molecule has 3 aromatic rings. The summed E-state index contributed by atoms with van der Waals surface area (Å²) in [6.45, 7) is 11.1. The normalized spacial score (nSPS) is 13.9. The summed E-state index contributed by atoms with van der Waals surface area (Å²) in [7, 11) is 0. The summed E-state index contributed by atoms with van der Waals surface area (Å²) in [5.74, 6) is 1.02. The van der Waals surface area contributed by atoms with Gasteiger partial charge in [-0.25, -0.2) is 4.98 Å². The number of nitrogens with zero attached hydrogens (tertiary/aromatic N) is 5. The van der Waals surface area contributed by atoms with Gasteiger partial charge in [-0.3, -0.25) is 4.90 Å². The lowest BCUT2D eigenvalue weighted by molar-refractivity contribution is 0.0551. The van der Waals surface area contributed by atoms with Gasteiger partial charge in [-0.05, 0) is 57.4 Å². The van der Waals surface area contributed by atoms with Crippen LogP contribution >= 0.6 is 0 Å². The second kappa shape index (κ2) is 13.8. The third-order valence-electron chi connectivity index (χ3n) is 5.64. The van der Waals surface area contributed by atoms with Crippen LogP contribution in [0.5, 0.6) is 5.88 Å². The monoisotopic (exact) mass is 509 g/mol. The van der Waals surface area contributed by atoms with Gasteiger partial charge in [-0.15, -0.1) is 0 Å². The number of aliphatic hydroxyl groups is 2. The van der Waals surface area contributed by atoms with Gasteiger partial charge in [0.2, 0.25) is 11.7 Å². The number of aromatic nitrogens is 3. The van der Waals surface area contributed by atoms with Crippen molar-refractivity contribution in [3.63, 3.8) is 0 Å². The number of benzene rings is 1. The third kappa shape index (κ3) is 7.81. The van der Waals surface area contributed by atoms with Crippen LogP contribution in [0, 0.1) is 11.3 Å². The molecule has 0 radical (unpaired) electrons. The molecule has 198 valence electrons. The Morgan fingerprint density at radius 1 is 1.16 bits per heavy atom. The van der Waals surface area contributed by atoms with Gasteiger partial charge in [0.1, 0.15) is 11.6 Å². The number of hydrogen-bond donors (Lipinski definition) is 2. The number of pyridine rings is 1. The first-order valence-electron chi connectivity index (χ1n) is 12.5. The summed E-state index contributed by atoms with van der Waals surface area (Å²) in [5, 5.41) is 32.3. The van der Waals surface area contributed by atoms with Gasteiger partial charge in [0.05, 0.1) is 24.4 Å². The molecule has 0 saturated heterocycles. The molecule has 37 heavy (non-hydrogen) atoms. The first kappa shape index (κ1) is 28.2. The van der Waals surface area contributed by atoms with Gasteiger partial charge in [0.25, 0.3) is 5.89 Å². The average molecular weight is 510 g/mol. The van der Waals surface area contributed by atoms with Crippen molar-refractivity contribution >= 4 is 0 Å². The maximum Gasteiger partial charge on any atom is 0.259 e. The van der Waals surface area contributed by atoms with Crippen molar-refractivity contribution in [2.45, 2.75) is 52.9 Å². The number of fused-ring (bicyclic) bond motifs is 1. The van der Waals surface area contributed by atoms with Crippen LogP contribution in [0.15, 0.2) is 35.0 Å². The Morgan fingerprint density at radius 2 is 1.95 bits per heavy atom. The van der Waals surface area contributed by atoms with E-state index in [-0.39, 0.29) is 24.5 Å². The Bertz CT molecular complexity index is 1190. The van der Waals surface area contributed by atoms with E-state index in [1.165, 1.54) is 11.1 Å². The number of ether oxygens (including phenoxy) is 2. The second-order valence-electron chi connectivity index (χ2n) is 8.86. The second-order valence-corrected chi connectivity index (χ2v) is 8.86. The lowest BCUT2D eigenvalue weighted by Crippen LogP contribution is -2.37. The fraction of sp³-hybridized carbons (Fsp3) is 0.481. The fourth-order valence-electron chi connectivity index (χ4n) is 3.89. The maximum atomic E-state index is 9.69. The summed E-state index contributed by atoms with van der Waals surface area (Å²) in [4.78, 5) is 10.8. The number of aliphatic hydroxyl groups excluding tert-OH is 2. The van der Waals surface area contributed by atoms with Crippen LogP contribution in [0.2, 0.25) is 0 Å². The van der Waals surface area contributed by atoms with Crippen LogP contribution in [0.3, 0.4) is 0 Å². The Labute approximate surface area is 217 Å². The van der Waals surface area contributed by atoms with Crippen LogP contribution in [-0.4, -0.2) is 75.4 Å². The van der Waals surface area contributed by atoms with Crippen LogP contribution in [-0.2, 0) is 17.7 Å². The first-order valence-corrected chi connectivity index (χ1v) is 12.5. The Kier molecular flexibility index (Phi) is 10.5. The summed E-state index contributed by atoms with van der Waals surface area (Å²) < 4.78 is 15.8. The van der Waals surface area contributed by atoms with E-state index in [1.807, 2.05) is 39.8 Å². The van der Waals surface area contributed by atoms with Gasteiger partial charge in [0, 0.05) is 44.6 Å². The molecule has 0 saturated carbocycles. The zero-order valence-corrected chi connectivity index (χ0v) is 21.8. The molecule has 0 fully saturated rings. The molecule has 0 aliphatic carbocycles. The molecule has 1 aliphatic heterocycles. The van der Waals surface area contributed by atoms with E-state index in [1.54, 1.807) is 12.3 Å². The summed E-state index contributed by atoms with van der Waals surface area (Å²) >= 11 is 0. The van der Waals surface area contributed by atoms with Crippen LogP contribution in [0.25, 0.3) is 22.8 Å². The van der Waals surface area contributed by atoms with E-state index < -0.39 is 6.10 Å². The zero-order valence-electron chi connectivity index (χ0n) is 21.8. The molecule has 2 aromatic heterocycles. The van der Waals surface area contributed by atoms with Crippen LogP contribution in [0.1, 0.15) is 44.4 Å². The van der Waals surface area contributed by atoms with Gasteiger partial charge >= 0.3 is 0 Å². The molecule has 4 rings (SSSR count). The molecule has 10 heteroatoms. The van der Waals surface area contributed by atoms with E-state index in [0.29, 0.717) is 23.5 Å². The van der Waals surface area contributed by atoms with Gasteiger partial charge < -0.3 is 24.2 Å². The molecule has 0 amide bonds. The van der Waals surface area contributed by atoms with Crippen LogP contribution in [0.4, 0.5) is 0 Å². The summed E-state index contributed by atoms with van der Waals surface area (Å²) in [6, 6.07) is 9.75. The number of hydrogen-bond acceptors (Lipinski definition) is 10. The Balaban J connectivity index is 0.000000695. The molecule has 10 nitrogen and oxygen atoms in total. The van der Waals surface area contributed by atoms with E-state index >= 15 is 0 Å². The van der Waals surface area contributed by atoms with Crippen molar-refractivity contribution in [1.82, 2.24) is 20.0 Å². The standard InChI is InChI=1S/C23H25N5O4.C4H10O/c1-14(2)31-22-18(9-24)8-19(10-25-22)23-26-21(27-32-23)16-3-4-17-11-28(12-20(30)13-29)6-5-15(17)7-16;1-3-5-4-2/h3-4,7-8,10,14,20,29-30H,5-6,11-13H2,1-2H3;3-4H2,1-2H3/t20-;/m0./s1. The predicted molar refractivity (Wildman–Crippen MR) is 138 cm³/mol. The highest BCUT2D eigenvalue weighted by atomic mass is 16.5. The molecule has 2 N–H and O–H groups in total. The Morgan fingerprint density at radius 3 is 2.59 bits per heavy atom. The minimum atomic E-state index is -0.726. The van der Waals surface area contributed by atoms with E-state index in [2.05, 4.69) is 32.2 Å². The summed E-state index contributed by atoms with van der Waals surface area (Å²) in [6.07, 6.45) is 1.57. The fourth-order valence-corrected chi connectivity index (χ4v) is 3.89. The van der Waals surface area contributed by atoms with E-state index in [9.17, 15) is 10.4 Å². The quantitative estimate of drug-likeness (QED) is 0.442. The molecule has 1 aromatic carbocycles. The molecule has 1 aliphatic rings. The number of nitriles is 1. The molecular weight excluding hydrogens is 474 g/mol. The molecule has 0 bridgehead atoms. The smallest absolute Gasteiger partial charge is 0.259 e. The van der Waals surface area contributed by atoms with Crippen molar-refractivity contribution in [3.8, 4) is 34.8 Å². The minimum absolute atomic E-state index is 0.0914. The SMILES string of the molecule is CC(C)Oc1ncc(-c2nc(-c3ccc4c(c3)CCN(C[C@H](O)CO)C4)no2)cc1C#N.CCOCC. The third-order valence-corrected chi connectivity index (χ3v) is 5.64. The van der Waals surface area contributed by atoms with E-state index in [0.717, 1.165) is 38.3 Å². The molecule has 3 heterocycles. The predicted octanol–water partition coefficient (Wildman–Crippen LogP) is 3.21. The van der Waals surface area contributed by atoms with Gasteiger partial charge in [-0.2, -0.15) is 10.2 Å².